The minimum absolute atomic E-state index is 0.175. The van der Waals surface area contributed by atoms with Crippen molar-refractivity contribution < 1.29 is 9.90 Å². The second-order valence-corrected chi connectivity index (χ2v) is 6.49. The largest absolute Gasteiger partial charge is 0.476 e. The summed E-state index contributed by atoms with van der Waals surface area (Å²) < 4.78 is 0. The first-order valence-corrected chi connectivity index (χ1v) is 7.45. The molecule has 0 atom stereocenters. The quantitative estimate of drug-likeness (QED) is 0.901. The van der Waals surface area contributed by atoms with Gasteiger partial charge in [0.2, 0.25) is 0 Å². The van der Waals surface area contributed by atoms with E-state index in [2.05, 4.69) is 17.1 Å². The van der Waals surface area contributed by atoms with Gasteiger partial charge in [0.05, 0.1) is 9.88 Å². The Morgan fingerprint density at radius 3 is 2.20 bits per heavy atom. The second kappa shape index (κ2) is 5.37. The summed E-state index contributed by atoms with van der Waals surface area (Å²) in [6, 6.07) is 4.17. The number of hydrogen-bond acceptors (Lipinski definition) is 3. The predicted octanol–water partition coefficient (Wildman–Crippen LogP) is 4.56. The van der Waals surface area contributed by atoms with E-state index in [1.807, 2.05) is 34.6 Å². The number of carboxylic acids is 1. The van der Waals surface area contributed by atoms with Crippen molar-refractivity contribution >= 4 is 17.3 Å². The van der Waals surface area contributed by atoms with E-state index in [-0.39, 0.29) is 11.6 Å². The van der Waals surface area contributed by atoms with Crippen molar-refractivity contribution in [3.8, 4) is 10.4 Å². The molecule has 0 aliphatic carbocycles. The van der Waals surface area contributed by atoms with Crippen LogP contribution in [-0.4, -0.2) is 16.1 Å². The van der Waals surface area contributed by atoms with Crippen LogP contribution in [0.4, 0.5) is 0 Å². The lowest BCUT2D eigenvalue weighted by molar-refractivity contribution is 0.0692. The third-order valence-corrected chi connectivity index (χ3v) is 4.62. The molecular weight excluding hydrogens is 270 g/mol. The topological polar surface area (TPSA) is 50.2 Å². The summed E-state index contributed by atoms with van der Waals surface area (Å²) >= 11 is 1.49. The summed E-state index contributed by atoms with van der Waals surface area (Å²) in [5, 5.41) is 10.3. The van der Waals surface area contributed by atoms with E-state index in [1.54, 1.807) is 0 Å². The Balaban J connectivity index is 2.72. The molecule has 0 aliphatic heterocycles. The SMILES string of the molecule is Cc1cc(C)c(-c2sc(C(C)C)nc2C(=O)O)c(C)c1. The number of nitrogens with zero attached hydrogens (tertiary/aromatic N) is 1. The average molecular weight is 289 g/mol. The minimum atomic E-state index is -0.956. The highest BCUT2D eigenvalue weighted by atomic mass is 32.1. The third kappa shape index (κ3) is 2.61. The van der Waals surface area contributed by atoms with Crippen LogP contribution in [0.1, 0.15) is 52.0 Å². The van der Waals surface area contributed by atoms with E-state index in [1.165, 1.54) is 16.9 Å². The van der Waals surface area contributed by atoms with Gasteiger partial charge in [-0.05, 0) is 31.9 Å². The summed E-state index contributed by atoms with van der Waals surface area (Å²) in [5.74, 6) is -0.722. The monoisotopic (exact) mass is 289 g/mol. The van der Waals surface area contributed by atoms with E-state index in [4.69, 9.17) is 0 Å². The molecule has 20 heavy (non-hydrogen) atoms. The molecule has 0 saturated carbocycles. The van der Waals surface area contributed by atoms with Gasteiger partial charge in [-0.2, -0.15) is 0 Å². The average Bonchev–Trinajstić information content (AvgIpc) is 2.72. The molecule has 1 N–H and O–H groups in total. The molecule has 0 radical (unpaired) electrons. The minimum Gasteiger partial charge on any atom is -0.476 e. The maximum atomic E-state index is 11.5. The van der Waals surface area contributed by atoms with E-state index in [0.717, 1.165) is 26.6 Å². The summed E-state index contributed by atoms with van der Waals surface area (Å²) in [5.41, 5.74) is 4.58. The summed E-state index contributed by atoms with van der Waals surface area (Å²) in [6.45, 7) is 10.2. The van der Waals surface area contributed by atoms with Crippen molar-refractivity contribution in [1.29, 1.82) is 0 Å². The van der Waals surface area contributed by atoms with Crippen molar-refractivity contribution in [2.45, 2.75) is 40.5 Å². The van der Waals surface area contributed by atoms with Crippen LogP contribution in [0.3, 0.4) is 0 Å². The fraction of sp³-hybridized carbons (Fsp3) is 0.375. The molecule has 0 spiro atoms. The Kier molecular flexibility index (Phi) is 3.95. The van der Waals surface area contributed by atoms with Crippen LogP contribution < -0.4 is 0 Å². The summed E-state index contributed by atoms with van der Waals surface area (Å²) in [6.07, 6.45) is 0. The van der Waals surface area contributed by atoms with Crippen molar-refractivity contribution in [3.05, 3.63) is 39.5 Å². The van der Waals surface area contributed by atoms with Gasteiger partial charge in [0.1, 0.15) is 0 Å². The fourth-order valence-corrected chi connectivity index (χ4v) is 3.67. The molecule has 0 saturated heterocycles. The van der Waals surface area contributed by atoms with Crippen LogP contribution in [0, 0.1) is 20.8 Å². The highest BCUT2D eigenvalue weighted by Crippen LogP contribution is 2.37. The van der Waals surface area contributed by atoms with Crippen LogP contribution in [0.5, 0.6) is 0 Å². The molecule has 1 aromatic carbocycles. The predicted molar refractivity (Wildman–Crippen MR) is 82.8 cm³/mol. The molecule has 0 amide bonds. The smallest absolute Gasteiger partial charge is 0.356 e. The number of aryl methyl sites for hydroxylation is 3. The third-order valence-electron chi connectivity index (χ3n) is 3.24. The number of benzene rings is 1. The number of thiazole rings is 1. The molecule has 106 valence electrons. The molecule has 0 fully saturated rings. The Hall–Kier alpha value is -1.68. The van der Waals surface area contributed by atoms with Gasteiger partial charge in [0.15, 0.2) is 5.69 Å². The molecule has 2 rings (SSSR count). The van der Waals surface area contributed by atoms with Crippen molar-refractivity contribution in [3.63, 3.8) is 0 Å². The lowest BCUT2D eigenvalue weighted by Gasteiger charge is -2.10. The standard InChI is InChI=1S/C16H19NO2S/c1-8(2)15-17-13(16(18)19)14(20-15)12-10(4)6-9(3)7-11(12)5/h6-8H,1-5H3,(H,18,19). The molecular formula is C16H19NO2S. The Labute approximate surface area is 123 Å². The normalized spacial score (nSPS) is 11.1. The Morgan fingerprint density at radius 1 is 1.20 bits per heavy atom. The van der Waals surface area contributed by atoms with E-state index in [9.17, 15) is 9.90 Å². The first-order valence-electron chi connectivity index (χ1n) is 6.63. The number of carboxylic acid groups (broad SMARTS) is 1. The molecule has 1 aromatic heterocycles. The Morgan fingerprint density at radius 2 is 1.75 bits per heavy atom. The molecule has 0 bridgehead atoms. The van der Waals surface area contributed by atoms with Crippen molar-refractivity contribution in [2.75, 3.05) is 0 Å². The fourth-order valence-electron chi connectivity index (χ4n) is 2.44. The van der Waals surface area contributed by atoms with Crippen molar-refractivity contribution in [1.82, 2.24) is 4.98 Å². The molecule has 0 unspecified atom stereocenters. The number of carbonyl (C=O) groups is 1. The maximum Gasteiger partial charge on any atom is 0.356 e. The van der Waals surface area contributed by atoms with E-state index >= 15 is 0 Å². The number of aromatic nitrogens is 1. The van der Waals surface area contributed by atoms with Gasteiger partial charge in [-0.15, -0.1) is 11.3 Å². The maximum absolute atomic E-state index is 11.5. The lowest BCUT2D eigenvalue weighted by Crippen LogP contribution is -2.01. The number of aromatic carboxylic acids is 1. The van der Waals surface area contributed by atoms with E-state index in [0.29, 0.717) is 0 Å². The van der Waals surface area contributed by atoms with E-state index < -0.39 is 5.97 Å². The van der Waals surface area contributed by atoms with Gasteiger partial charge >= 0.3 is 5.97 Å². The Bertz CT molecular complexity index is 648. The van der Waals surface area contributed by atoms with Gasteiger partial charge in [0, 0.05) is 11.5 Å². The highest BCUT2D eigenvalue weighted by molar-refractivity contribution is 7.15. The summed E-state index contributed by atoms with van der Waals surface area (Å²) in [4.78, 5) is 16.5. The number of hydrogen-bond donors (Lipinski definition) is 1. The number of rotatable bonds is 3. The van der Waals surface area contributed by atoms with Crippen LogP contribution in [0.2, 0.25) is 0 Å². The second-order valence-electron chi connectivity index (χ2n) is 5.46. The van der Waals surface area contributed by atoms with Gasteiger partial charge in [-0.1, -0.05) is 31.5 Å². The first kappa shape index (κ1) is 14.7. The van der Waals surface area contributed by atoms with Crippen molar-refractivity contribution in [2.24, 2.45) is 0 Å². The van der Waals surface area contributed by atoms with Gasteiger partial charge in [0.25, 0.3) is 0 Å². The van der Waals surface area contributed by atoms with Gasteiger partial charge in [-0.3, -0.25) is 0 Å². The van der Waals surface area contributed by atoms with Crippen LogP contribution >= 0.6 is 11.3 Å². The molecule has 2 aromatic rings. The molecule has 3 nitrogen and oxygen atoms in total. The van der Waals surface area contributed by atoms with Crippen LogP contribution in [0.15, 0.2) is 12.1 Å². The molecule has 0 aliphatic rings. The van der Waals surface area contributed by atoms with Crippen LogP contribution in [-0.2, 0) is 0 Å². The zero-order valence-corrected chi connectivity index (χ0v) is 13.3. The highest BCUT2D eigenvalue weighted by Gasteiger charge is 2.22. The van der Waals surface area contributed by atoms with Gasteiger partial charge in [-0.25, -0.2) is 9.78 Å². The molecule has 4 heteroatoms. The van der Waals surface area contributed by atoms with Crippen LogP contribution in [0.25, 0.3) is 10.4 Å². The van der Waals surface area contributed by atoms with Gasteiger partial charge < -0.3 is 5.11 Å². The first-order chi connectivity index (χ1) is 9.31. The zero-order valence-electron chi connectivity index (χ0n) is 12.4. The zero-order chi connectivity index (χ0) is 15.0. The lowest BCUT2D eigenvalue weighted by atomic mass is 9.98. The molecule has 1 heterocycles. The summed E-state index contributed by atoms with van der Waals surface area (Å²) in [7, 11) is 0.